The smallest absolute Gasteiger partial charge is 0.240 e. The maximum atomic E-state index is 12.4. The molecular weight excluding hydrogens is 390 g/mol. The maximum absolute atomic E-state index is 12.4. The van der Waals surface area contributed by atoms with E-state index in [2.05, 4.69) is 9.82 Å². The van der Waals surface area contributed by atoms with Crippen LogP contribution in [0.25, 0.3) is 5.69 Å². The number of nitrogens with one attached hydrogen (secondary N) is 1. The number of aliphatic hydroxyl groups is 1. The summed E-state index contributed by atoms with van der Waals surface area (Å²) in [5.74, 6) is 0.382. The minimum Gasteiger partial charge on any atom is -0.495 e. The normalized spacial score (nSPS) is 12.7. The molecule has 1 aromatic heterocycles. The standard InChI is InChI=1S/C18H18ClN3O4S/c1-26-18-8-7-15(11-16(18)19)27(24,25)21-12-17(23)13-3-5-14(6-4-13)22-10-2-9-20-22/h2-11,17,21,23H,12H2,1H3. The van der Waals surface area contributed by atoms with Gasteiger partial charge < -0.3 is 9.84 Å². The minimum atomic E-state index is -3.82. The third kappa shape index (κ3) is 4.48. The van der Waals surface area contributed by atoms with Crippen LogP contribution in [0.4, 0.5) is 0 Å². The third-order valence-electron chi connectivity index (χ3n) is 3.95. The summed E-state index contributed by atoms with van der Waals surface area (Å²) in [7, 11) is -2.37. The Bertz CT molecular complexity index is 1010. The number of sulfonamides is 1. The molecule has 2 N–H and O–H groups in total. The van der Waals surface area contributed by atoms with E-state index in [0.29, 0.717) is 11.3 Å². The zero-order chi connectivity index (χ0) is 19.4. The molecule has 0 radical (unpaired) electrons. The summed E-state index contributed by atoms with van der Waals surface area (Å²) < 4.78 is 33.9. The van der Waals surface area contributed by atoms with Crippen molar-refractivity contribution in [3.63, 3.8) is 0 Å². The highest BCUT2D eigenvalue weighted by Gasteiger charge is 2.18. The Hall–Kier alpha value is -2.39. The number of methoxy groups -OCH3 is 1. The van der Waals surface area contributed by atoms with Gasteiger partial charge in [-0.05, 0) is 42.0 Å². The molecule has 0 aliphatic carbocycles. The summed E-state index contributed by atoms with van der Waals surface area (Å²) in [5.41, 5.74) is 1.42. The largest absolute Gasteiger partial charge is 0.495 e. The predicted molar refractivity (Wildman–Crippen MR) is 102 cm³/mol. The number of ether oxygens (including phenoxy) is 1. The van der Waals surface area contributed by atoms with Crippen LogP contribution < -0.4 is 9.46 Å². The van der Waals surface area contributed by atoms with Crippen LogP contribution in [0.3, 0.4) is 0 Å². The van der Waals surface area contributed by atoms with Crippen molar-refractivity contribution in [3.05, 3.63) is 71.5 Å². The van der Waals surface area contributed by atoms with Crippen LogP contribution in [0, 0.1) is 0 Å². The number of aromatic nitrogens is 2. The van der Waals surface area contributed by atoms with E-state index in [1.807, 2.05) is 6.07 Å². The molecule has 0 bridgehead atoms. The van der Waals surface area contributed by atoms with E-state index in [1.54, 1.807) is 41.3 Å². The molecule has 0 amide bonds. The van der Waals surface area contributed by atoms with Crippen LogP contribution in [0.1, 0.15) is 11.7 Å². The Morgan fingerprint density at radius 2 is 2.00 bits per heavy atom. The molecule has 1 unspecified atom stereocenters. The number of rotatable bonds is 7. The van der Waals surface area contributed by atoms with Gasteiger partial charge in [0.05, 0.1) is 28.8 Å². The Kier molecular flexibility index (Phi) is 5.81. The number of benzene rings is 2. The Morgan fingerprint density at radius 1 is 1.26 bits per heavy atom. The summed E-state index contributed by atoms with van der Waals surface area (Å²) in [6.45, 7) is -0.174. The Balaban J connectivity index is 1.67. The van der Waals surface area contributed by atoms with E-state index < -0.39 is 16.1 Å². The van der Waals surface area contributed by atoms with E-state index in [0.717, 1.165) is 5.69 Å². The van der Waals surface area contributed by atoms with Gasteiger partial charge in [0.25, 0.3) is 0 Å². The molecule has 0 saturated heterocycles. The zero-order valence-electron chi connectivity index (χ0n) is 14.4. The summed E-state index contributed by atoms with van der Waals surface area (Å²) >= 11 is 5.98. The minimum absolute atomic E-state index is 0.00506. The van der Waals surface area contributed by atoms with Crippen molar-refractivity contribution in [1.29, 1.82) is 0 Å². The van der Waals surface area contributed by atoms with Crippen LogP contribution in [0.2, 0.25) is 5.02 Å². The molecule has 1 atom stereocenters. The molecule has 142 valence electrons. The molecule has 27 heavy (non-hydrogen) atoms. The fourth-order valence-electron chi connectivity index (χ4n) is 2.47. The van der Waals surface area contributed by atoms with Gasteiger partial charge in [0.15, 0.2) is 0 Å². The topological polar surface area (TPSA) is 93.5 Å². The molecule has 3 rings (SSSR count). The fraction of sp³-hybridized carbons (Fsp3) is 0.167. The second-order valence-electron chi connectivity index (χ2n) is 5.71. The Labute approximate surface area is 162 Å². The van der Waals surface area contributed by atoms with Crippen LogP contribution in [-0.4, -0.2) is 37.0 Å². The van der Waals surface area contributed by atoms with Gasteiger partial charge in [-0.2, -0.15) is 5.10 Å². The molecule has 7 nitrogen and oxygen atoms in total. The van der Waals surface area contributed by atoms with Gasteiger partial charge in [-0.25, -0.2) is 17.8 Å². The summed E-state index contributed by atoms with van der Waals surface area (Å²) in [6, 6.07) is 13.0. The molecule has 0 fully saturated rings. The lowest BCUT2D eigenvalue weighted by atomic mass is 10.1. The van der Waals surface area contributed by atoms with Crippen LogP contribution >= 0.6 is 11.6 Å². The SMILES string of the molecule is COc1ccc(S(=O)(=O)NCC(O)c2ccc(-n3cccn3)cc2)cc1Cl. The average molecular weight is 408 g/mol. The Morgan fingerprint density at radius 3 is 2.59 bits per heavy atom. The molecular formula is C18H18ClN3O4S. The second kappa shape index (κ2) is 8.10. The highest BCUT2D eigenvalue weighted by atomic mass is 35.5. The first-order chi connectivity index (χ1) is 12.9. The molecule has 0 aliphatic rings. The van der Waals surface area contributed by atoms with Crippen molar-refractivity contribution >= 4 is 21.6 Å². The van der Waals surface area contributed by atoms with Crippen molar-refractivity contribution in [2.45, 2.75) is 11.0 Å². The second-order valence-corrected chi connectivity index (χ2v) is 7.88. The number of hydrogen-bond donors (Lipinski definition) is 2. The van der Waals surface area contributed by atoms with Crippen molar-refractivity contribution in [2.24, 2.45) is 0 Å². The van der Waals surface area contributed by atoms with Crippen LogP contribution in [-0.2, 0) is 10.0 Å². The van der Waals surface area contributed by atoms with Gasteiger partial charge in [0, 0.05) is 18.9 Å². The lowest BCUT2D eigenvalue weighted by molar-refractivity contribution is 0.182. The van der Waals surface area contributed by atoms with E-state index in [9.17, 15) is 13.5 Å². The summed E-state index contributed by atoms with van der Waals surface area (Å²) in [6.07, 6.45) is 2.47. The lowest BCUT2D eigenvalue weighted by Gasteiger charge is -2.14. The van der Waals surface area contributed by atoms with Crippen molar-refractivity contribution in [3.8, 4) is 11.4 Å². The molecule has 2 aromatic carbocycles. The van der Waals surface area contributed by atoms with Gasteiger partial charge in [0.2, 0.25) is 10.0 Å². The number of halogens is 1. The molecule has 0 spiro atoms. The van der Waals surface area contributed by atoms with Crippen molar-refractivity contribution in [2.75, 3.05) is 13.7 Å². The van der Waals surface area contributed by atoms with Gasteiger partial charge in [-0.15, -0.1) is 0 Å². The first-order valence-electron chi connectivity index (χ1n) is 8.02. The number of hydrogen-bond acceptors (Lipinski definition) is 5. The van der Waals surface area contributed by atoms with E-state index in [4.69, 9.17) is 16.3 Å². The van der Waals surface area contributed by atoms with Gasteiger partial charge in [-0.1, -0.05) is 23.7 Å². The van der Waals surface area contributed by atoms with E-state index >= 15 is 0 Å². The van der Waals surface area contributed by atoms with Gasteiger partial charge in [0.1, 0.15) is 5.75 Å². The highest BCUT2D eigenvalue weighted by Crippen LogP contribution is 2.27. The maximum Gasteiger partial charge on any atom is 0.240 e. The number of nitrogens with zero attached hydrogens (tertiary/aromatic N) is 2. The van der Waals surface area contributed by atoms with Gasteiger partial charge >= 0.3 is 0 Å². The summed E-state index contributed by atoms with van der Waals surface area (Å²) in [5, 5.41) is 14.6. The highest BCUT2D eigenvalue weighted by molar-refractivity contribution is 7.89. The average Bonchev–Trinajstić information content (AvgIpc) is 3.21. The van der Waals surface area contributed by atoms with Gasteiger partial charge in [-0.3, -0.25) is 0 Å². The quantitative estimate of drug-likeness (QED) is 0.627. The predicted octanol–water partition coefficient (Wildman–Crippen LogP) is 2.55. The van der Waals surface area contributed by atoms with Crippen molar-refractivity contribution in [1.82, 2.24) is 14.5 Å². The number of aliphatic hydroxyl groups excluding tert-OH is 1. The third-order valence-corrected chi connectivity index (χ3v) is 5.66. The van der Waals surface area contributed by atoms with E-state index in [-0.39, 0.29) is 16.5 Å². The van der Waals surface area contributed by atoms with Crippen LogP contribution in [0.5, 0.6) is 5.75 Å². The molecule has 3 aromatic rings. The van der Waals surface area contributed by atoms with Crippen molar-refractivity contribution < 1.29 is 18.3 Å². The summed E-state index contributed by atoms with van der Waals surface area (Å²) in [4.78, 5) is -0.00506. The first kappa shape index (κ1) is 19.4. The first-order valence-corrected chi connectivity index (χ1v) is 9.88. The monoisotopic (exact) mass is 407 g/mol. The molecule has 1 heterocycles. The fourth-order valence-corrected chi connectivity index (χ4v) is 3.86. The molecule has 0 saturated carbocycles. The van der Waals surface area contributed by atoms with E-state index in [1.165, 1.54) is 25.3 Å². The zero-order valence-corrected chi connectivity index (χ0v) is 16.0. The lowest BCUT2D eigenvalue weighted by Crippen LogP contribution is -2.28. The molecule has 9 heteroatoms. The molecule has 0 aliphatic heterocycles. The van der Waals surface area contributed by atoms with Crippen LogP contribution in [0.15, 0.2) is 65.8 Å².